The monoisotopic (exact) mass is 212 g/mol. The Labute approximate surface area is 93.4 Å². The van der Waals surface area contributed by atoms with Gasteiger partial charge in [0.1, 0.15) is 0 Å². The van der Waals surface area contributed by atoms with Crippen molar-refractivity contribution in [2.45, 2.75) is 32.4 Å². The second kappa shape index (κ2) is 6.26. The lowest BCUT2D eigenvalue weighted by Gasteiger charge is -2.41. The number of rotatable bonds is 5. The van der Waals surface area contributed by atoms with Crippen LogP contribution in [-0.4, -0.2) is 59.8 Å². The molecule has 0 spiro atoms. The summed E-state index contributed by atoms with van der Waals surface area (Å²) in [5.41, 5.74) is 0. The number of piperazine rings is 1. The molecule has 1 fully saturated rings. The molecule has 1 saturated heterocycles. The van der Waals surface area contributed by atoms with E-state index >= 15 is 0 Å². The molecule has 3 nitrogen and oxygen atoms in total. The van der Waals surface area contributed by atoms with Crippen LogP contribution >= 0.6 is 0 Å². The molecule has 0 amide bonds. The summed E-state index contributed by atoms with van der Waals surface area (Å²) in [6.45, 7) is 12.9. The van der Waals surface area contributed by atoms with E-state index < -0.39 is 0 Å². The van der Waals surface area contributed by atoms with Crippen LogP contribution in [0.2, 0.25) is 0 Å². The Morgan fingerprint density at radius 3 is 2.80 bits per heavy atom. The highest BCUT2D eigenvalue weighted by Gasteiger charge is 2.25. The van der Waals surface area contributed by atoms with Crippen LogP contribution in [0.1, 0.15) is 20.3 Å². The van der Waals surface area contributed by atoms with Gasteiger partial charge in [0.2, 0.25) is 0 Å². The SMILES string of the molecule is C=CCN1CCN(C[C@@H](C)O)[C@@H](CC)C1. The van der Waals surface area contributed by atoms with E-state index in [0.29, 0.717) is 6.04 Å². The molecule has 0 saturated carbocycles. The van der Waals surface area contributed by atoms with Gasteiger partial charge in [0, 0.05) is 38.8 Å². The predicted molar refractivity (Wildman–Crippen MR) is 64.0 cm³/mol. The second-order valence-electron chi connectivity index (χ2n) is 4.45. The van der Waals surface area contributed by atoms with E-state index in [0.717, 1.165) is 39.1 Å². The second-order valence-corrected chi connectivity index (χ2v) is 4.45. The number of nitrogens with zero attached hydrogens (tertiary/aromatic N) is 2. The number of hydrogen-bond acceptors (Lipinski definition) is 3. The summed E-state index contributed by atoms with van der Waals surface area (Å²) in [7, 11) is 0. The molecular weight excluding hydrogens is 188 g/mol. The van der Waals surface area contributed by atoms with Crippen molar-refractivity contribution in [2.24, 2.45) is 0 Å². The van der Waals surface area contributed by atoms with Gasteiger partial charge in [-0.05, 0) is 13.3 Å². The average Bonchev–Trinajstić information content (AvgIpc) is 2.20. The van der Waals surface area contributed by atoms with Gasteiger partial charge in [-0.3, -0.25) is 9.80 Å². The quantitative estimate of drug-likeness (QED) is 0.687. The zero-order valence-electron chi connectivity index (χ0n) is 10.0. The molecule has 1 N–H and O–H groups in total. The van der Waals surface area contributed by atoms with Gasteiger partial charge in [-0.2, -0.15) is 0 Å². The zero-order chi connectivity index (χ0) is 11.3. The maximum atomic E-state index is 9.42. The van der Waals surface area contributed by atoms with Crippen LogP contribution in [0.3, 0.4) is 0 Å². The minimum Gasteiger partial charge on any atom is -0.392 e. The Balaban J connectivity index is 2.44. The van der Waals surface area contributed by atoms with E-state index in [4.69, 9.17) is 0 Å². The molecule has 0 aromatic heterocycles. The van der Waals surface area contributed by atoms with Crippen molar-refractivity contribution in [1.82, 2.24) is 9.80 Å². The third-order valence-electron chi connectivity index (χ3n) is 3.05. The molecule has 2 atom stereocenters. The van der Waals surface area contributed by atoms with Crippen LogP contribution in [0.25, 0.3) is 0 Å². The molecular formula is C12H24N2O. The third-order valence-corrected chi connectivity index (χ3v) is 3.05. The Morgan fingerprint density at radius 1 is 1.53 bits per heavy atom. The first kappa shape index (κ1) is 12.7. The van der Waals surface area contributed by atoms with Gasteiger partial charge in [0.05, 0.1) is 6.10 Å². The molecule has 15 heavy (non-hydrogen) atoms. The van der Waals surface area contributed by atoms with Gasteiger partial charge in [-0.25, -0.2) is 0 Å². The molecule has 88 valence electrons. The maximum absolute atomic E-state index is 9.42. The summed E-state index contributed by atoms with van der Waals surface area (Å²) in [5, 5.41) is 9.42. The standard InChI is InChI=1S/C12H24N2O/c1-4-6-13-7-8-14(9-11(3)15)12(5-2)10-13/h4,11-12,15H,1,5-10H2,2-3H3/t11-,12+/m1/s1. The molecule has 0 bridgehead atoms. The summed E-state index contributed by atoms with van der Waals surface area (Å²) >= 11 is 0. The van der Waals surface area contributed by atoms with Gasteiger partial charge in [-0.15, -0.1) is 6.58 Å². The molecule has 1 aliphatic heterocycles. The Bertz CT molecular complexity index is 194. The summed E-state index contributed by atoms with van der Waals surface area (Å²) in [5.74, 6) is 0. The van der Waals surface area contributed by atoms with Crippen LogP contribution in [0, 0.1) is 0 Å². The lowest BCUT2D eigenvalue weighted by Crippen LogP contribution is -2.54. The van der Waals surface area contributed by atoms with E-state index in [1.165, 1.54) is 0 Å². The van der Waals surface area contributed by atoms with Crippen LogP contribution in [0.4, 0.5) is 0 Å². The molecule has 1 heterocycles. The summed E-state index contributed by atoms with van der Waals surface area (Å²) in [4.78, 5) is 4.84. The van der Waals surface area contributed by atoms with E-state index in [1.807, 2.05) is 13.0 Å². The van der Waals surface area contributed by atoms with Gasteiger partial charge in [0.25, 0.3) is 0 Å². The van der Waals surface area contributed by atoms with Crippen molar-refractivity contribution in [2.75, 3.05) is 32.7 Å². The molecule has 0 aliphatic carbocycles. The lowest BCUT2D eigenvalue weighted by molar-refractivity contribution is 0.0408. The molecule has 0 unspecified atom stereocenters. The fourth-order valence-corrected chi connectivity index (χ4v) is 2.27. The van der Waals surface area contributed by atoms with Crippen molar-refractivity contribution < 1.29 is 5.11 Å². The molecule has 0 aromatic rings. The van der Waals surface area contributed by atoms with Crippen molar-refractivity contribution in [3.05, 3.63) is 12.7 Å². The first-order valence-corrected chi connectivity index (χ1v) is 5.92. The molecule has 0 radical (unpaired) electrons. The fourth-order valence-electron chi connectivity index (χ4n) is 2.27. The molecule has 1 aliphatic rings. The van der Waals surface area contributed by atoms with Crippen LogP contribution in [0.5, 0.6) is 0 Å². The summed E-state index contributed by atoms with van der Waals surface area (Å²) < 4.78 is 0. The highest BCUT2D eigenvalue weighted by atomic mass is 16.3. The summed E-state index contributed by atoms with van der Waals surface area (Å²) in [6.07, 6.45) is 2.90. The van der Waals surface area contributed by atoms with E-state index in [-0.39, 0.29) is 6.10 Å². The van der Waals surface area contributed by atoms with Gasteiger partial charge in [0.15, 0.2) is 0 Å². The molecule has 3 heteroatoms. The Morgan fingerprint density at radius 2 is 2.27 bits per heavy atom. The normalized spacial score (nSPS) is 26.5. The first-order valence-electron chi connectivity index (χ1n) is 5.92. The minimum atomic E-state index is -0.218. The van der Waals surface area contributed by atoms with Crippen molar-refractivity contribution in [1.29, 1.82) is 0 Å². The van der Waals surface area contributed by atoms with Crippen molar-refractivity contribution >= 4 is 0 Å². The minimum absolute atomic E-state index is 0.218. The highest BCUT2D eigenvalue weighted by molar-refractivity contribution is 4.85. The maximum Gasteiger partial charge on any atom is 0.0639 e. The van der Waals surface area contributed by atoms with E-state index in [2.05, 4.69) is 23.3 Å². The van der Waals surface area contributed by atoms with Gasteiger partial charge < -0.3 is 5.11 Å². The van der Waals surface area contributed by atoms with E-state index in [9.17, 15) is 5.11 Å². The largest absolute Gasteiger partial charge is 0.392 e. The van der Waals surface area contributed by atoms with Crippen LogP contribution in [0.15, 0.2) is 12.7 Å². The van der Waals surface area contributed by atoms with Gasteiger partial charge >= 0.3 is 0 Å². The molecule has 0 aromatic carbocycles. The number of hydrogen-bond donors (Lipinski definition) is 1. The molecule has 1 rings (SSSR count). The highest BCUT2D eigenvalue weighted by Crippen LogP contribution is 2.13. The van der Waals surface area contributed by atoms with E-state index in [1.54, 1.807) is 0 Å². The Kier molecular flexibility index (Phi) is 5.29. The third kappa shape index (κ3) is 3.93. The number of β-amino-alcohol motifs (C(OH)–C–C–N with tert-alkyl or cyclic N) is 1. The summed E-state index contributed by atoms with van der Waals surface area (Å²) in [6, 6.07) is 0.591. The van der Waals surface area contributed by atoms with Crippen molar-refractivity contribution in [3.8, 4) is 0 Å². The lowest BCUT2D eigenvalue weighted by atomic mass is 10.1. The Hall–Kier alpha value is -0.380. The average molecular weight is 212 g/mol. The van der Waals surface area contributed by atoms with Crippen LogP contribution < -0.4 is 0 Å². The zero-order valence-corrected chi connectivity index (χ0v) is 10.0. The topological polar surface area (TPSA) is 26.7 Å². The predicted octanol–water partition coefficient (Wildman–Crippen LogP) is 0.949. The van der Waals surface area contributed by atoms with Crippen LogP contribution in [-0.2, 0) is 0 Å². The smallest absolute Gasteiger partial charge is 0.0639 e. The number of aliphatic hydroxyl groups is 1. The number of aliphatic hydroxyl groups excluding tert-OH is 1. The van der Waals surface area contributed by atoms with Crippen molar-refractivity contribution in [3.63, 3.8) is 0 Å². The fraction of sp³-hybridized carbons (Fsp3) is 0.833. The van der Waals surface area contributed by atoms with Gasteiger partial charge in [-0.1, -0.05) is 13.0 Å². The first-order chi connectivity index (χ1) is 7.17.